The first-order valence-electron chi connectivity index (χ1n) is 8.00. The lowest BCUT2D eigenvalue weighted by atomic mass is 10.1. The van der Waals surface area contributed by atoms with Gasteiger partial charge >= 0.3 is 5.97 Å². The smallest absolute Gasteiger partial charge is 0.341 e. The Labute approximate surface area is 160 Å². The van der Waals surface area contributed by atoms with Gasteiger partial charge in [0.15, 0.2) is 18.1 Å². The van der Waals surface area contributed by atoms with Crippen LogP contribution in [-0.4, -0.2) is 40.9 Å². The van der Waals surface area contributed by atoms with Crippen LogP contribution in [0.2, 0.25) is 0 Å². The van der Waals surface area contributed by atoms with Gasteiger partial charge in [-0.3, -0.25) is 15.5 Å². The molecule has 0 saturated carbocycles. The molecule has 2 N–H and O–H groups in total. The molecule has 0 spiro atoms. The average Bonchev–Trinajstić information content (AvgIpc) is 2.67. The van der Waals surface area contributed by atoms with E-state index in [1.54, 1.807) is 18.2 Å². The zero-order valence-electron chi connectivity index (χ0n) is 15.0. The summed E-state index contributed by atoms with van der Waals surface area (Å²) in [6, 6.07) is 6.14. The number of carboxylic acids is 1. The van der Waals surface area contributed by atoms with Crippen molar-refractivity contribution in [3.05, 3.63) is 64.4 Å². The molecule has 0 aliphatic rings. The van der Waals surface area contributed by atoms with Crippen LogP contribution in [0, 0.1) is 10.1 Å². The van der Waals surface area contributed by atoms with Crippen LogP contribution in [-0.2, 0) is 11.2 Å². The Balaban J connectivity index is 2.20. The third-order valence-electron chi connectivity index (χ3n) is 3.43. The Bertz CT molecular complexity index is 896. The van der Waals surface area contributed by atoms with Gasteiger partial charge in [0.2, 0.25) is 0 Å². The number of aliphatic carboxylic acids is 1. The third-order valence-corrected chi connectivity index (χ3v) is 3.43. The molecule has 28 heavy (non-hydrogen) atoms. The van der Waals surface area contributed by atoms with Gasteiger partial charge in [-0.2, -0.15) is 5.10 Å². The Morgan fingerprint density at radius 3 is 2.82 bits per heavy atom. The van der Waals surface area contributed by atoms with Gasteiger partial charge in [0.1, 0.15) is 12.0 Å². The molecule has 2 rings (SSSR count). The van der Waals surface area contributed by atoms with E-state index in [2.05, 4.69) is 22.1 Å². The predicted octanol–water partition coefficient (Wildman–Crippen LogP) is 2.64. The molecule has 0 amide bonds. The molecule has 0 fully saturated rings. The highest BCUT2D eigenvalue weighted by atomic mass is 16.6. The molecule has 1 aromatic heterocycles. The van der Waals surface area contributed by atoms with E-state index >= 15 is 0 Å². The highest BCUT2D eigenvalue weighted by molar-refractivity contribution is 5.82. The SMILES string of the molecule is C=CCc1cc(/C=N\Nc2ccc([N+](=O)[O-])cn2)cc(OC)c1OCC(=O)O. The number of anilines is 1. The molecule has 10 heteroatoms. The summed E-state index contributed by atoms with van der Waals surface area (Å²) in [6.07, 6.45) is 4.71. The summed E-state index contributed by atoms with van der Waals surface area (Å²) >= 11 is 0. The largest absolute Gasteiger partial charge is 0.493 e. The summed E-state index contributed by atoms with van der Waals surface area (Å²) < 4.78 is 10.6. The molecule has 0 saturated heterocycles. The van der Waals surface area contributed by atoms with Gasteiger partial charge in [-0.15, -0.1) is 6.58 Å². The molecular formula is C18H18N4O6. The number of carbonyl (C=O) groups is 1. The molecule has 0 aliphatic heterocycles. The Hall–Kier alpha value is -3.95. The van der Waals surface area contributed by atoms with Crippen molar-refractivity contribution in [1.82, 2.24) is 4.98 Å². The monoisotopic (exact) mass is 386 g/mol. The molecule has 0 radical (unpaired) electrons. The van der Waals surface area contributed by atoms with Crippen LogP contribution >= 0.6 is 0 Å². The van der Waals surface area contributed by atoms with Crippen molar-refractivity contribution in [2.75, 3.05) is 19.1 Å². The van der Waals surface area contributed by atoms with Crippen LogP contribution in [0.15, 0.2) is 48.2 Å². The highest BCUT2D eigenvalue weighted by Crippen LogP contribution is 2.33. The van der Waals surface area contributed by atoms with Crippen molar-refractivity contribution in [2.24, 2.45) is 5.10 Å². The zero-order valence-corrected chi connectivity index (χ0v) is 15.0. The lowest BCUT2D eigenvalue weighted by Gasteiger charge is -2.14. The van der Waals surface area contributed by atoms with E-state index in [1.807, 2.05) is 0 Å². The van der Waals surface area contributed by atoms with Gasteiger partial charge in [0.25, 0.3) is 5.69 Å². The number of carboxylic acid groups (broad SMARTS) is 1. The summed E-state index contributed by atoms with van der Waals surface area (Å²) in [5.41, 5.74) is 3.89. The fourth-order valence-electron chi connectivity index (χ4n) is 2.25. The first-order valence-corrected chi connectivity index (χ1v) is 8.00. The number of hydrogen-bond acceptors (Lipinski definition) is 8. The number of hydrogen-bond donors (Lipinski definition) is 2. The second kappa shape index (κ2) is 9.67. The average molecular weight is 386 g/mol. The van der Waals surface area contributed by atoms with E-state index in [4.69, 9.17) is 14.6 Å². The van der Waals surface area contributed by atoms with Crippen LogP contribution < -0.4 is 14.9 Å². The number of methoxy groups -OCH3 is 1. The summed E-state index contributed by atoms with van der Waals surface area (Å²) in [5.74, 6) is -0.0824. The van der Waals surface area contributed by atoms with Gasteiger partial charge in [0.05, 0.1) is 18.2 Å². The minimum atomic E-state index is -1.10. The van der Waals surface area contributed by atoms with Gasteiger partial charge in [-0.1, -0.05) is 6.08 Å². The van der Waals surface area contributed by atoms with Crippen LogP contribution in [0.5, 0.6) is 11.5 Å². The predicted molar refractivity (Wildman–Crippen MR) is 102 cm³/mol. The second-order valence-corrected chi connectivity index (χ2v) is 5.42. The molecule has 2 aromatic rings. The van der Waals surface area contributed by atoms with E-state index in [0.717, 1.165) is 6.20 Å². The second-order valence-electron chi connectivity index (χ2n) is 5.42. The van der Waals surface area contributed by atoms with Crippen molar-refractivity contribution in [2.45, 2.75) is 6.42 Å². The maximum atomic E-state index is 10.8. The van der Waals surface area contributed by atoms with Crippen molar-refractivity contribution in [3.8, 4) is 11.5 Å². The normalized spacial score (nSPS) is 10.5. The lowest BCUT2D eigenvalue weighted by Crippen LogP contribution is -2.11. The molecule has 1 aromatic carbocycles. The number of nitrogens with zero attached hydrogens (tertiary/aromatic N) is 3. The van der Waals surface area contributed by atoms with Crippen LogP contribution in [0.4, 0.5) is 11.5 Å². The molecule has 0 unspecified atom stereocenters. The van der Waals surface area contributed by atoms with Gasteiger partial charge in [-0.05, 0) is 30.2 Å². The van der Waals surface area contributed by atoms with E-state index in [0.29, 0.717) is 34.9 Å². The van der Waals surface area contributed by atoms with E-state index in [-0.39, 0.29) is 5.69 Å². The van der Waals surface area contributed by atoms with Gasteiger partial charge in [-0.25, -0.2) is 9.78 Å². The lowest BCUT2D eigenvalue weighted by molar-refractivity contribution is -0.385. The molecule has 0 aliphatic carbocycles. The molecule has 146 valence electrons. The fraction of sp³-hybridized carbons (Fsp3) is 0.167. The van der Waals surface area contributed by atoms with Gasteiger partial charge in [0, 0.05) is 11.6 Å². The Kier molecular flexibility index (Phi) is 7.03. The maximum absolute atomic E-state index is 10.8. The standard InChI is InChI=1S/C18H18N4O6/c1-3-4-13-7-12(8-15(27-2)18(13)28-11-17(23)24)9-20-21-16-6-5-14(10-19-16)22(25)26/h3,5-10H,1,4,11H2,2H3,(H,19,21)(H,23,24)/b20-9-. The first kappa shape index (κ1) is 20.4. The number of ether oxygens (including phenoxy) is 2. The number of pyridine rings is 1. The number of nitro groups is 1. The summed E-state index contributed by atoms with van der Waals surface area (Å²) in [4.78, 5) is 24.8. The van der Waals surface area contributed by atoms with Crippen molar-refractivity contribution >= 4 is 23.7 Å². The number of nitrogens with one attached hydrogen (secondary N) is 1. The molecular weight excluding hydrogens is 368 g/mol. The van der Waals surface area contributed by atoms with Crippen molar-refractivity contribution in [1.29, 1.82) is 0 Å². The van der Waals surface area contributed by atoms with E-state index in [1.165, 1.54) is 25.5 Å². The quantitative estimate of drug-likeness (QED) is 0.275. The maximum Gasteiger partial charge on any atom is 0.341 e. The summed E-state index contributed by atoms with van der Waals surface area (Å²) in [5, 5.41) is 23.5. The van der Waals surface area contributed by atoms with Crippen LogP contribution in [0.1, 0.15) is 11.1 Å². The molecule has 1 heterocycles. The Morgan fingerprint density at radius 2 is 2.25 bits per heavy atom. The van der Waals surface area contributed by atoms with Crippen LogP contribution in [0.3, 0.4) is 0 Å². The number of hydrazone groups is 1. The minimum absolute atomic E-state index is 0.120. The van der Waals surface area contributed by atoms with Crippen molar-refractivity contribution in [3.63, 3.8) is 0 Å². The Morgan fingerprint density at radius 1 is 1.46 bits per heavy atom. The molecule has 0 bridgehead atoms. The van der Waals surface area contributed by atoms with Crippen LogP contribution in [0.25, 0.3) is 0 Å². The minimum Gasteiger partial charge on any atom is -0.493 e. The number of rotatable bonds is 10. The number of aromatic nitrogens is 1. The summed E-state index contributed by atoms with van der Waals surface area (Å²) in [7, 11) is 1.45. The number of allylic oxidation sites excluding steroid dienone is 1. The fourth-order valence-corrected chi connectivity index (χ4v) is 2.25. The van der Waals surface area contributed by atoms with Crippen molar-refractivity contribution < 1.29 is 24.3 Å². The zero-order chi connectivity index (χ0) is 20.5. The topological polar surface area (TPSA) is 136 Å². The van der Waals surface area contributed by atoms with E-state index in [9.17, 15) is 14.9 Å². The summed E-state index contributed by atoms with van der Waals surface area (Å²) in [6.45, 7) is 3.19. The first-order chi connectivity index (χ1) is 13.4. The highest BCUT2D eigenvalue weighted by Gasteiger charge is 2.13. The van der Waals surface area contributed by atoms with E-state index < -0.39 is 17.5 Å². The molecule has 0 atom stereocenters. The number of benzene rings is 1. The molecule has 10 nitrogen and oxygen atoms in total. The third kappa shape index (κ3) is 5.53. The van der Waals surface area contributed by atoms with Gasteiger partial charge < -0.3 is 14.6 Å².